The Morgan fingerprint density at radius 1 is 1.32 bits per heavy atom. The Kier molecular flexibility index (Phi) is 8.53. The first-order valence-corrected chi connectivity index (χ1v) is 9.37. The number of halogens is 2. The van der Waals surface area contributed by atoms with Crippen LogP contribution in [0.4, 0.5) is 0 Å². The third-order valence-corrected chi connectivity index (χ3v) is 5.73. The van der Waals surface area contributed by atoms with Crippen LogP contribution in [0.5, 0.6) is 0 Å². The highest BCUT2D eigenvalue weighted by Gasteiger charge is 2.28. The fraction of sp³-hybridized carbons (Fsp3) is 0.632. The predicted molar refractivity (Wildman–Crippen MR) is 117 cm³/mol. The van der Waals surface area contributed by atoms with Gasteiger partial charge in [0.2, 0.25) is 5.91 Å². The summed E-state index contributed by atoms with van der Waals surface area (Å²) in [7, 11) is 1.78. The number of aromatic amines is 1. The SMILES string of the molecule is Cc1nc2c(c(C)c1CCC(=O)N1CCC(C)CC1CN)c(=O)[nH]n2C.Cl.Cl. The number of likely N-dealkylation sites (tertiary alicyclic amines) is 1. The lowest BCUT2D eigenvalue weighted by molar-refractivity contribution is -0.135. The molecule has 7 nitrogen and oxygen atoms in total. The Hall–Kier alpha value is -1.57. The van der Waals surface area contributed by atoms with Crippen LogP contribution in [0.15, 0.2) is 4.79 Å². The van der Waals surface area contributed by atoms with E-state index >= 15 is 0 Å². The topological polar surface area (TPSA) is 97.0 Å². The molecular weight excluding hydrogens is 401 g/mol. The average Bonchev–Trinajstić information content (AvgIpc) is 2.88. The lowest BCUT2D eigenvalue weighted by Crippen LogP contribution is -2.49. The number of aryl methyl sites for hydroxylation is 3. The smallest absolute Gasteiger partial charge is 0.273 e. The van der Waals surface area contributed by atoms with Gasteiger partial charge in [0, 0.05) is 38.3 Å². The van der Waals surface area contributed by atoms with Crippen LogP contribution in [-0.4, -0.2) is 44.7 Å². The van der Waals surface area contributed by atoms with Crippen molar-refractivity contribution in [3.8, 4) is 0 Å². The number of nitrogens with two attached hydrogens (primary N) is 1. The number of pyridine rings is 1. The minimum Gasteiger partial charge on any atom is -0.338 e. The highest BCUT2D eigenvalue weighted by molar-refractivity contribution is 5.85. The quantitative estimate of drug-likeness (QED) is 0.775. The van der Waals surface area contributed by atoms with E-state index in [4.69, 9.17) is 5.73 Å². The molecule has 0 bridgehead atoms. The van der Waals surface area contributed by atoms with Crippen LogP contribution in [0.1, 0.15) is 43.0 Å². The van der Waals surface area contributed by atoms with Gasteiger partial charge in [0.25, 0.3) is 5.56 Å². The monoisotopic (exact) mass is 431 g/mol. The lowest BCUT2D eigenvalue weighted by Gasteiger charge is -2.38. The maximum Gasteiger partial charge on any atom is 0.273 e. The number of piperidine rings is 1. The first-order chi connectivity index (χ1) is 12.3. The summed E-state index contributed by atoms with van der Waals surface area (Å²) >= 11 is 0. The van der Waals surface area contributed by atoms with Gasteiger partial charge in [-0.3, -0.25) is 19.4 Å². The molecule has 0 aliphatic carbocycles. The number of amides is 1. The molecule has 3 heterocycles. The van der Waals surface area contributed by atoms with E-state index in [1.165, 1.54) is 0 Å². The Morgan fingerprint density at radius 3 is 2.64 bits per heavy atom. The van der Waals surface area contributed by atoms with Gasteiger partial charge in [-0.2, -0.15) is 0 Å². The van der Waals surface area contributed by atoms with Gasteiger partial charge in [-0.05, 0) is 50.2 Å². The van der Waals surface area contributed by atoms with Crippen molar-refractivity contribution in [2.24, 2.45) is 18.7 Å². The number of nitrogens with zero attached hydrogens (tertiary/aromatic N) is 3. The van der Waals surface area contributed by atoms with Crippen LogP contribution in [-0.2, 0) is 18.3 Å². The molecule has 3 N–H and O–H groups in total. The fourth-order valence-corrected chi connectivity index (χ4v) is 4.20. The van der Waals surface area contributed by atoms with Crippen molar-refractivity contribution >= 4 is 41.8 Å². The van der Waals surface area contributed by atoms with Gasteiger partial charge in [0.15, 0.2) is 5.65 Å². The summed E-state index contributed by atoms with van der Waals surface area (Å²) in [5.41, 5.74) is 9.21. The molecule has 1 aliphatic rings. The lowest BCUT2D eigenvalue weighted by atomic mass is 9.91. The zero-order chi connectivity index (χ0) is 19.0. The van der Waals surface area contributed by atoms with Gasteiger partial charge in [-0.15, -0.1) is 24.8 Å². The largest absolute Gasteiger partial charge is 0.338 e. The number of carbonyl (C=O) groups is 1. The Morgan fingerprint density at radius 2 is 2.00 bits per heavy atom. The van der Waals surface area contributed by atoms with E-state index in [2.05, 4.69) is 17.0 Å². The van der Waals surface area contributed by atoms with Gasteiger partial charge >= 0.3 is 0 Å². The van der Waals surface area contributed by atoms with Crippen molar-refractivity contribution in [3.63, 3.8) is 0 Å². The molecule has 2 aromatic rings. The van der Waals surface area contributed by atoms with Crippen LogP contribution >= 0.6 is 24.8 Å². The van der Waals surface area contributed by atoms with Crippen molar-refractivity contribution in [1.29, 1.82) is 0 Å². The van der Waals surface area contributed by atoms with Crippen molar-refractivity contribution in [2.45, 2.75) is 52.5 Å². The van der Waals surface area contributed by atoms with Crippen LogP contribution in [0, 0.1) is 19.8 Å². The van der Waals surface area contributed by atoms with Crippen molar-refractivity contribution < 1.29 is 4.79 Å². The van der Waals surface area contributed by atoms with E-state index in [0.717, 1.165) is 36.2 Å². The molecule has 28 heavy (non-hydrogen) atoms. The summed E-state index contributed by atoms with van der Waals surface area (Å²) in [6, 6.07) is 0.144. The highest BCUT2D eigenvalue weighted by Crippen LogP contribution is 2.24. The Labute approximate surface area is 177 Å². The maximum absolute atomic E-state index is 12.8. The molecule has 2 aromatic heterocycles. The molecule has 3 rings (SSSR count). The molecule has 0 aromatic carbocycles. The number of hydrogen-bond donors (Lipinski definition) is 2. The molecule has 1 saturated heterocycles. The molecule has 9 heteroatoms. The molecule has 0 radical (unpaired) electrons. The summed E-state index contributed by atoms with van der Waals surface area (Å²) < 4.78 is 1.65. The number of aromatic nitrogens is 3. The summed E-state index contributed by atoms with van der Waals surface area (Å²) in [6.07, 6.45) is 3.03. The first-order valence-electron chi connectivity index (χ1n) is 9.37. The minimum atomic E-state index is -0.131. The van der Waals surface area contributed by atoms with Crippen molar-refractivity contribution in [1.82, 2.24) is 19.7 Å². The van der Waals surface area contributed by atoms with Crippen LogP contribution in [0.25, 0.3) is 11.0 Å². The number of hydrogen-bond acceptors (Lipinski definition) is 4. The van der Waals surface area contributed by atoms with Crippen LogP contribution in [0.3, 0.4) is 0 Å². The fourth-order valence-electron chi connectivity index (χ4n) is 4.20. The molecule has 2 unspecified atom stereocenters. The van der Waals surface area contributed by atoms with Crippen LogP contribution < -0.4 is 11.3 Å². The first kappa shape index (κ1) is 24.5. The van der Waals surface area contributed by atoms with E-state index in [-0.39, 0.29) is 42.3 Å². The van der Waals surface area contributed by atoms with Gasteiger partial charge in [0.05, 0.1) is 5.39 Å². The standard InChI is InChI=1S/C19H29N5O2.2ClH/c1-11-7-8-24(14(9-11)10-20)16(25)6-5-15-12(2)17-18(21-13(15)3)23(4)22-19(17)26;;/h11,14H,5-10,20H2,1-4H3,(H,22,26);2*1H. The number of H-pyrrole nitrogens is 1. The second-order valence-corrected chi connectivity index (χ2v) is 7.61. The predicted octanol–water partition coefficient (Wildman–Crippen LogP) is 2.24. The normalized spacial score (nSPS) is 19.2. The number of carbonyl (C=O) groups excluding carboxylic acids is 1. The van der Waals surface area contributed by atoms with Gasteiger partial charge < -0.3 is 10.6 Å². The summed E-state index contributed by atoms with van der Waals surface area (Å²) in [4.78, 5) is 31.5. The van der Waals surface area contributed by atoms with Gasteiger partial charge in [-0.1, -0.05) is 6.92 Å². The summed E-state index contributed by atoms with van der Waals surface area (Å²) in [5, 5.41) is 3.37. The number of rotatable bonds is 4. The average molecular weight is 432 g/mol. The summed E-state index contributed by atoms with van der Waals surface area (Å²) in [5.74, 6) is 0.765. The molecule has 1 aliphatic heterocycles. The molecule has 158 valence electrons. The van der Waals surface area contributed by atoms with E-state index in [1.807, 2.05) is 18.7 Å². The molecule has 0 spiro atoms. The van der Waals surface area contributed by atoms with Gasteiger partial charge in [-0.25, -0.2) is 4.98 Å². The molecule has 0 saturated carbocycles. The van der Waals surface area contributed by atoms with Crippen molar-refractivity contribution in [3.05, 3.63) is 27.2 Å². The Bertz CT molecular complexity index is 893. The van der Waals surface area contributed by atoms with E-state index in [9.17, 15) is 9.59 Å². The van der Waals surface area contributed by atoms with E-state index in [0.29, 0.717) is 36.3 Å². The van der Waals surface area contributed by atoms with E-state index in [1.54, 1.807) is 11.7 Å². The van der Waals surface area contributed by atoms with Crippen LogP contribution in [0.2, 0.25) is 0 Å². The Balaban J connectivity index is 0.00000196. The maximum atomic E-state index is 12.8. The second-order valence-electron chi connectivity index (χ2n) is 7.61. The molecule has 1 fully saturated rings. The molecule has 1 amide bonds. The minimum absolute atomic E-state index is 0. The van der Waals surface area contributed by atoms with Crippen molar-refractivity contribution in [2.75, 3.05) is 13.1 Å². The third kappa shape index (κ3) is 4.53. The number of nitrogens with one attached hydrogen (secondary N) is 1. The second kappa shape index (κ2) is 9.76. The highest BCUT2D eigenvalue weighted by atomic mass is 35.5. The molecule has 2 atom stereocenters. The zero-order valence-electron chi connectivity index (χ0n) is 16.9. The van der Waals surface area contributed by atoms with E-state index < -0.39 is 0 Å². The summed E-state index contributed by atoms with van der Waals surface area (Å²) in [6.45, 7) is 7.40. The molecular formula is C19H31Cl2N5O2. The number of fused-ring (bicyclic) bond motifs is 1. The third-order valence-electron chi connectivity index (χ3n) is 5.73. The zero-order valence-corrected chi connectivity index (χ0v) is 18.6. The van der Waals surface area contributed by atoms with Gasteiger partial charge in [0.1, 0.15) is 0 Å².